The molecule has 0 bridgehead atoms. The quantitative estimate of drug-likeness (QED) is 0.179. The average molecular weight is 700 g/mol. The summed E-state index contributed by atoms with van der Waals surface area (Å²) in [6, 6.07) is 73.1. The highest BCUT2D eigenvalue weighted by Crippen LogP contribution is 2.63. The van der Waals surface area contributed by atoms with Crippen molar-refractivity contribution in [1.82, 2.24) is 4.57 Å². The number of fused-ring (bicyclic) bond motifs is 15. The summed E-state index contributed by atoms with van der Waals surface area (Å²) in [5.41, 5.74) is 15.1. The van der Waals surface area contributed by atoms with Gasteiger partial charge in [-0.05, 0) is 80.2 Å². The van der Waals surface area contributed by atoms with E-state index in [2.05, 4.69) is 205 Å². The maximum atomic E-state index is 7.25. The molecule has 2 heteroatoms. The number of nitrogens with zero attached hydrogens (tertiary/aromatic N) is 1. The Hall–Kier alpha value is -7.16. The number of hydrogen-bond acceptors (Lipinski definition) is 1. The zero-order valence-corrected chi connectivity index (χ0v) is 29.9. The Kier molecular flexibility index (Phi) is 6.29. The fraction of sp³-hybridized carbons (Fsp3) is 0.0189. The van der Waals surface area contributed by atoms with Crippen molar-refractivity contribution in [2.45, 2.75) is 5.41 Å². The fourth-order valence-electron chi connectivity index (χ4n) is 9.78. The van der Waals surface area contributed by atoms with Gasteiger partial charge < -0.3 is 9.30 Å². The van der Waals surface area contributed by atoms with Crippen molar-refractivity contribution in [3.05, 3.63) is 222 Å². The monoisotopic (exact) mass is 699 g/mol. The molecule has 10 aromatic rings. The van der Waals surface area contributed by atoms with Gasteiger partial charge in [-0.25, -0.2) is 0 Å². The second-order valence-electron chi connectivity index (χ2n) is 14.8. The zero-order valence-electron chi connectivity index (χ0n) is 29.9. The molecule has 55 heavy (non-hydrogen) atoms. The Morgan fingerprint density at radius 2 is 0.982 bits per heavy atom. The smallest absolute Gasteiger partial charge is 0.142 e. The predicted molar refractivity (Wildman–Crippen MR) is 227 cm³/mol. The van der Waals surface area contributed by atoms with Gasteiger partial charge in [0.2, 0.25) is 0 Å². The van der Waals surface area contributed by atoms with Crippen molar-refractivity contribution in [1.29, 1.82) is 0 Å². The molecule has 1 aromatic heterocycles. The standard InChI is InChI=1S/C53H33NO/c1-3-15-34(16-4-1)37-31-38(35-17-5-2-6-18-35)33-39(32-37)54-48-30-29-47-52(50(48)43-28-27-36-19-7-8-20-40(36)51(43)54)55-49-26-14-13-25-46(49)53(47)44-23-11-9-21-41(44)42-22-10-12-24-45(42)53/h1-33H. The number of hydrogen-bond donors (Lipinski definition) is 0. The SMILES string of the molecule is c1ccc(-c2cc(-c3ccccc3)cc(-n3c4ccc5c(c4c4ccc6ccccc6c43)Oc3ccccc3C53c4ccccc4-c4ccccc43)c2)cc1. The van der Waals surface area contributed by atoms with E-state index in [9.17, 15) is 0 Å². The molecule has 2 aliphatic rings. The van der Waals surface area contributed by atoms with Crippen LogP contribution >= 0.6 is 0 Å². The highest BCUT2D eigenvalue weighted by atomic mass is 16.5. The summed E-state index contributed by atoms with van der Waals surface area (Å²) in [5.74, 6) is 1.82. The van der Waals surface area contributed by atoms with E-state index in [1.54, 1.807) is 0 Å². The van der Waals surface area contributed by atoms with Gasteiger partial charge in [-0.3, -0.25) is 0 Å². The third-order valence-electron chi connectivity index (χ3n) is 12.0. The third-order valence-corrected chi connectivity index (χ3v) is 12.0. The van der Waals surface area contributed by atoms with Crippen LogP contribution in [0.15, 0.2) is 200 Å². The highest BCUT2D eigenvalue weighted by molar-refractivity contribution is 6.21. The number of aromatic nitrogens is 1. The molecule has 2 nitrogen and oxygen atoms in total. The van der Waals surface area contributed by atoms with Gasteiger partial charge in [-0.1, -0.05) is 170 Å². The Labute approximate surface area is 319 Å². The van der Waals surface area contributed by atoms with E-state index in [-0.39, 0.29) is 0 Å². The van der Waals surface area contributed by atoms with E-state index < -0.39 is 5.41 Å². The van der Waals surface area contributed by atoms with Gasteiger partial charge in [0.05, 0.1) is 21.8 Å². The molecule has 12 rings (SSSR count). The summed E-state index contributed by atoms with van der Waals surface area (Å²) in [6.45, 7) is 0. The molecule has 0 unspecified atom stereocenters. The van der Waals surface area contributed by atoms with Crippen molar-refractivity contribution < 1.29 is 4.74 Å². The molecule has 256 valence electrons. The van der Waals surface area contributed by atoms with Crippen molar-refractivity contribution >= 4 is 32.6 Å². The minimum Gasteiger partial charge on any atom is -0.456 e. The van der Waals surface area contributed by atoms with E-state index >= 15 is 0 Å². The second kappa shape index (κ2) is 11.4. The topological polar surface area (TPSA) is 14.2 Å². The minimum atomic E-state index is -0.537. The predicted octanol–water partition coefficient (Wildman–Crippen LogP) is 13.7. The van der Waals surface area contributed by atoms with Crippen LogP contribution in [0.2, 0.25) is 0 Å². The zero-order chi connectivity index (χ0) is 36.1. The lowest BCUT2D eigenvalue weighted by Gasteiger charge is -2.39. The first-order valence-electron chi connectivity index (χ1n) is 19.0. The summed E-state index contributed by atoms with van der Waals surface area (Å²) in [6.07, 6.45) is 0. The molecule has 0 atom stereocenters. The van der Waals surface area contributed by atoms with E-state index in [1.165, 1.54) is 77.3 Å². The van der Waals surface area contributed by atoms with E-state index in [0.717, 1.165) is 28.1 Å². The lowest BCUT2D eigenvalue weighted by atomic mass is 9.66. The van der Waals surface area contributed by atoms with E-state index in [1.807, 2.05) is 0 Å². The summed E-state index contributed by atoms with van der Waals surface area (Å²) in [5, 5.41) is 4.71. The van der Waals surface area contributed by atoms with E-state index in [0.29, 0.717) is 0 Å². The normalized spacial score (nSPS) is 13.4. The van der Waals surface area contributed by atoms with Crippen LogP contribution in [0.4, 0.5) is 0 Å². The first-order valence-corrected chi connectivity index (χ1v) is 19.0. The summed E-state index contributed by atoms with van der Waals surface area (Å²) >= 11 is 0. The number of ether oxygens (including phenoxy) is 1. The molecule has 9 aromatic carbocycles. The Morgan fingerprint density at radius 1 is 0.400 bits per heavy atom. The Morgan fingerprint density at radius 3 is 1.67 bits per heavy atom. The van der Waals surface area contributed by atoms with Crippen LogP contribution in [-0.4, -0.2) is 4.57 Å². The van der Waals surface area contributed by atoms with Gasteiger partial charge in [0.1, 0.15) is 11.5 Å². The Balaban J connectivity index is 1.24. The van der Waals surface area contributed by atoms with Gasteiger partial charge in [-0.15, -0.1) is 0 Å². The fourth-order valence-corrected chi connectivity index (χ4v) is 9.78. The molecule has 2 heterocycles. The van der Waals surface area contributed by atoms with Crippen LogP contribution < -0.4 is 4.74 Å². The Bertz CT molecular complexity index is 3070. The molecule has 0 saturated carbocycles. The molecular formula is C53H33NO. The largest absolute Gasteiger partial charge is 0.456 e. The van der Waals surface area contributed by atoms with Crippen LogP contribution in [-0.2, 0) is 5.41 Å². The molecular weight excluding hydrogens is 667 g/mol. The lowest BCUT2D eigenvalue weighted by molar-refractivity contribution is 0.442. The summed E-state index contributed by atoms with van der Waals surface area (Å²) in [7, 11) is 0. The first-order chi connectivity index (χ1) is 27.3. The van der Waals surface area contributed by atoms with Crippen molar-refractivity contribution in [2.75, 3.05) is 0 Å². The second-order valence-corrected chi connectivity index (χ2v) is 14.8. The minimum absolute atomic E-state index is 0.537. The number of benzene rings is 9. The molecule has 1 aliphatic carbocycles. The highest BCUT2D eigenvalue weighted by Gasteiger charge is 2.51. The van der Waals surface area contributed by atoms with Gasteiger partial charge in [0.15, 0.2) is 0 Å². The van der Waals surface area contributed by atoms with Gasteiger partial charge >= 0.3 is 0 Å². The third kappa shape index (κ3) is 4.14. The van der Waals surface area contributed by atoms with Crippen LogP contribution in [0.25, 0.3) is 71.6 Å². The van der Waals surface area contributed by atoms with E-state index in [4.69, 9.17) is 4.74 Å². The van der Waals surface area contributed by atoms with Crippen molar-refractivity contribution in [3.63, 3.8) is 0 Å². The van der Waals surface area contributed by atoms with Crippen LogP contribution in [0.5, 0.6) is 11.5 Å². The number of rotatable bonds is 3. The first kappa shape index (κ1) is 30.3. The van der Waals surface area contributed by atoms with Gasteiger partial charge in [0, 0.05) is 27.6 Å². The molecule has 0 saturated heterocycles. The van der Waals surface area contributed by atoms with Crippen LogP contribution in [0.1, 0.15) is 22.3 Å². The molecule has 0 amide bonds. The molecule has 1 spiro atoms. The maximum absolute atomic E-state index is 7.25. The van der Waals surface area contributed by atoms with Crippen molar-refractivity contribution in [2.24, 2.45) is 0 Å². The summed E-state index contributed by atoms with van der Waals surface area (Å²) < 4.78 is 9.74. The summed E-state index contributed by atoms with van der Waals surface area (Å²) in [4.78, 5) is 0. The molecule has 0 radical (unpaired) electrons. The van der Waals surface area contributed by atoms with Gasteiger partial charge in [0.25, 0.3) is 0 Å². The lowest BCUT2D eigenvalue weighted by Crippen LogP contribution is -2.32. The molecule has 0 N–H and O–H groups in total. The van der Waals surface area contributed by atoms with Crippen molar-refractivity contribution in [3.8, 4) is 50.6 Å². The van der Waals surface area contributed by atoms with Crippen LogP contribution in [0, 0.1) is 0 Å². The molecule has 0 fully saturated rings. The number of para-hydroxylation sites is 1. The van der Waals surface area contributed by atoms with Gasteiger partial charge in [-0.2, -0.15) is 0 Å². The molecule has 1 aliphatic heterocycles. The average Bonchev–Trinajstić information content (AvgIpc) is 3.76. The maximum Gasteiger partial charge on any atom is 0.142 e. The van der Waals surface area contributed by atoms with Crippen LogP contribution in [0.3, 0.4) is 0 Å².